The monoisotopic (exact) mass is 459 g/mol. The molecule has 32 heavy (non-hydrogen) atoms. The van der Waals surface area contributed by atoms with Crippen molar-refractivity contribution in [3.05, 3.63) is 58.9 Å². The van der Waals surface area contributed by atoms with Gasteiger partial charge in [-0.25, -0.2) is 4.39 Å². The number of likely N-dealkylation sites (N-methyl/N-ethyl adjacent to an activating group) is 1. The van der Waals surface area contributed by atoms with Gasteiger partial charge in [0.1, 0.15) is 5.82 Å². The number of rotatable bonds is 5. The molecule has 1 heterocycles. The van der Waals surface area contributed by atoms with Gasteiger partial charge in [0.15, 0.2) is 0 Å². The van der Waals surface area contributed by atoms with Gasteiger partial charge in [-0.15, -0.1) is 0 Å². The van der Waals surface area contributed by atoms with Crippen LogP contribution in [0.15, 0.2) is 42.5 Å². The second-order valence-electron chi connectivity index (χ2n) is 9.49. The van der Waals surface area contributed by atoms with Gasteiger partial charge in [-0.2, -0.15) is 0 Å². The second kappa shape index (κ2) is 9.80. The van der Waals surface area contributed by atoms with Crippen molar-refractivity contribution in [3.63, 3.8) is 0 Å². The zero-order valence-electron chi connectivity index (χ0n) is 19.2. The van der Waals surface area contributed by atoms with E-state index >= 15 is 0 Å². The highest BCUT2D eigenvalue weighted by Crippen LogP contribution is 2.37. The Hall–Kier alpha value is -2.11. The van der Waals surface area contributed by atoms with Crippen molar-refractivity contribution in [1.82, 2.24) is 4.90 Å². The molecule has 0 radical (unpaired) electrons. The van der Waals surface area contributed by atoms with Crippen LogP contribution in [0.1, 0.15) is 45.0 Å². The Bertz CT molecular complexity index is 947. The van der Waals surface area contributed by atoms with Crippen LogP contribution in [0.2, 0.25) is 5.02 Å². The molecule has 0 bridgehead atoms. The third-order valence-corrected chi connectivity index (χ3v) is 7.55. The minimum Gasteiger partial charge on any atom is -0.368 e. The van der Waals surface area contributed by atoms with Crippen molar-refractivity contribution >= 4 is 28.9 Å². The average Bonchev–Trinajstić information content (AvgIpc) is 3.29. The molecule has 2 aromatic rings. The molecule has 1 saturated heterocycles. The molecule has 1 amide bonds. The summed E-state index contributed by atoms with van der Waals surface area (Å²) in [6.45, 7) is 1.68. The number of carbonyl (C=O) groups excluding carboxylic acids is 1. The maximum Gasteiger partial charge on any atom is 0.229 e. The second-order valence-corrected chi connectivity index (χ2v) is 9.92. The Balaban J connectivity index is 0.00000306. The van der Waals surface area contributed by atoms with Crippen molar-refractivity contribution in [3.8, 4) is 0 Å². The SMILES string of the molecule is CN(C(=O)C1CCC(c2ccc(Cl)cc2)CC1)c1ccc(N2CCC(N(C)C)C2)c(F)c1.[HH]. The van der Waals surface area contributed by atoms with E-state index in [2.05, 4.69) is 36.0 Å². The van der Waals surface area contributed by atoms with Crippen LogP contribution in [0.3, 0.4) is 0 Å². The van der Waals surface area contributed by atoms with Gasteiger partial charge < -0.3 is 14.7 Å². The predicted octanol–water partition coefficient (Wildman–Crippen LogP) is 5.80. The standard InChI is InChI=1S/C26H33ClFN3O.H2/c1-29(2)23-14-15-31(17-23)25-13-12-22(16-24(25)28)30(3)26(32)20-6-4-18(5-7-20)19-8-10-21(27)11-9-19;/h8-13,16,18,20,23H,4-7,14-15,17H2,1-3H3;1H. The quantitative estimate of drug-likeness (QED) is 0.565. The van der Waals surface area contributed by atoms with Crippen LogP contribution in [0.5, 0.6) is 0 Å². The molecular weight excluding hydrogens is 425 g/mol. The van der Waals surface area contributed by atoms with Crippen molar-refractivity contribution in [2.75, 3.05) is 44.0 Å². The van der Waals surface area contributed by atoms with Crippen LogP contribution in [0.4, 0.5) is 15.8 Å². The fraction of sp³-hybridized carbons (Fsp3) is 0.500. The Labute approximate surface area is 197 Å². The summed E-state index contributed by atoms with van der Waals surface area (Å²) in [5.41, 5.74) is 2.55. The molecule has 0 N–H and O–H groups in total. The number of anilines is 2. The summed E-state index contributed by atoms with van der Waals surface area (Å²) in [4.78, 5) is 19.1. The van der Waals surface area contributed by atoms with Crippen molar-refractivity contribution in [2.24, 2.45) is 5.92 Å². The van der Waals surface area contributed by atoms with E-state index in [-0.39, 0.29) is 19.1 Å². The van der Waals surface area contributed by atoms with Crippen molar-refractivity contribution < 1.29 is 10.6 Å². The first-order valence-corrected chi connectivity index (χ1v) is 11.9. The van der Waals surface area contributed by atoms with Crippen LogP contribution in [-0.2, 0) is 4.79 Å². The largest absolute Gasteiger partial charge is 0.368 e. The lowest BCUT2D eigenvalue weighted by Gasteiger charge is -2.31. The first kappa shape index (κ1) is 23.1. The molecule has 174 valence electrons. The molecule has 0 spiro atoms. The average molecular weight is 460 g/mol. The van der Waals surface area contributed by atoms with E-state index < -0.39 is 0 Å². The van der Waals surface area contributed by atoms with Crippen molar-refractivity contribution in [2.45, 2.75) is 44.1 Å². The number of amides is 1. The van der Waals surface area contributed by atoms with Crippen LogP contribution < -0.4 is 9.80 Å². The normalized spacial score (nSPS) is 23.6. The number of hydrogen-bond donors (Lipinski definition) is 0. The first-order valence-electron chi connectivity index (χ1n) is 11.6. The summed E-state index contributed by atoms with van der Waals surface area (Å²) < 4.78 is 15.0. The van der Waals surface area contributed by atoms with Gasteiger partial charge in [0, 0.05) is 44.2 Å². The minimum atomic E-state index is -0.256. The van der Waals surface area contributed by atoms with Gasteiger partial charge in [0.05, 0.1) is 5.69 Å². The molecule has 2 fully saturated rings. The van der Waals surface area contributed by atoms with Gasteiger partial charge in [-0.05, 0) is 88.0 Å². The molecule has 2 aromatic carbocycles. The molecule has 1 saturated carbocycles. The van der Waals surface area contributed by atoms with E-state index in [0.717, 1.165) is 50.2 Å². The predicted molar refractivity (Wildman–Crippen MR) is 132 cm³/mol. The van der Waals surface area contributed by atoms with E-state index in [1.165, 1.54) is 11.6 Å². The van der Waals surface area contributed by atoms with Crippen LogP contribution in [-0.4, -0.2) is 51.1 Å². The molecule has 2 aliphatic rings. The zero-order chi connectivity index (χ0) is 22.8. The molecular formula is C26H35ClFN3O. The maximum atomic E-state index is 15.0. The highest BCUT2D eigenvalue weighted by molar-refractivity contribution is 6.30. The summed E-state index contributed by atoms with van der Waals surface area (Å²) in [6.07, 6.45) is 4.72. The van der Waals surface area contributed by atoms with Gasteiger partial charge >= 0.3 is 0 Å². The van der Waals surface area contributed by atoms with E-state index in [0.29, 0.717) is 23.3 Å². The Morgan fingerprint density at radius 2 is 1.72 bits per heavy atom. The summed E-state index contributed by atoms with van der Waals surface area (Å²) in [5, 5.41) is 0.750. The lowest BCUT2D eigenvalue weighted by molar-refractivity contribution is -0.123. The highest BCUT2D eigenvalue weighted by Gasteiger charge is 2.30. The number of carbonyl (C=O) groups is 1. The Morgan fingerprint density at radius 3 is 2.31 bits per heavy atom. The molecule has 4 rings (SSSR count). The van der Waals surface area contributed by atoms with Crippen LogP contribution in [0, 0.1) is 11.7 Å². The maximum absolute atomic E-state index is 15.0. The number of hydrogen-bond acceptors (Lipinski definition) is 3. The topological polar surface area (TPSA) is 26.8 Å². The lowest BCUT2D eigenvalue weighted by atomic mass is 9.78. The molecule has 1 aliphatic carbocycles. The lowest BCUT2D eigenvalue weighted by Crippen LogP contribution is -2.35. The number of nitrogens with zero attached hydrogens (tertiary/aromatic N) is 3. The van der Waals surface area contributed by atoms with E-state index in [1.807, 2.05) is 24.3 Å². The van der Waals surface area contributed by atoms with E-state index in [9.17, 15) is 9.18 Å². The molecule has 1 unspecified atom stereocenters. The van der Waals surface area contributed by atoms with Crippen LogP contribution in [0.25, 0.3) is 0 Å². The summed E-state index contributed by atoms with van der Waals surface area (Å²) in [5.74, 6) is 0.295. The van der Waals surface area contributed by atoms with Gasteiger partial charge in [0.25, 0.3) is 0 Å². The third-order valence-electron chi connectivity index (χ3n) is 7.30. The van der Waals surface area contributed by atoms with E-state index in [1.54, 1.807) is 11.9 Å². The first-order chi connectivity index (χ1) is 15.3. The van der Waals surface area contributed by atoms with Gasteiger partial charge in [-0.3, -0.25) is 4.79 Å². The smallest absolute Gasteiger partial charge is 0.229 e. The third kappa shape index (κ3) is 4.94. The Morgan fingerprint density at radius 1 is 1.03 bits per heavy atom. The fourth-order valence-corrected chi connectivity index (χ4v) is 5.28. The summed E-state index contributed by atoms with van der Waals surface area (Å²) in [6, 6.07) is 13.7. The number of halogens is 2. The zero-order valence-corrected chi connectivity index (χ0v) is 20.0. The van der Waals surface area contributed by atoms with E-state index in [4.69, 9.17) is 11.6 Å². The molecule has 6 heteroatoms. The van der Waals surface area contributed by atoms with Crippen LogP contribution >= 0.6 is 11.6 Å². The van der Waals surface area contributed by atoms with Gasteiger partial charge in [0.2, 0.25) is 5.91 Å². The fourth-order valence-electron chi connectivity index (χ4n) is 5.15. The summed E-state index contributed by atoms with van der Waals surface area (Å²) >= 11 is 6.00. The van der Waals surface area contributed by atoms with Crippen molar-refractivity contribution in [1.29, 1.82) is 0 Å². The van der Waals surface area contributed by atoms with Gasteiger partial charge in [-0.1, -0.05) is 23.7 Å². The molecule has 4 nitrogen and oxygen atoms in total. The summed E-state index contributed by atoms with van der Waals surface area (Å²) in [7, 11) is 5.90. The Kier molecular flexibility index (Phi) is 7.06. The number of benzene rings is 2. The molecule has 0 aromatic heterocycles. The highest BCUT2D eigenvalue weighted by atomic mass is 35.5. The molecule has 1 atom stereocenters. The molecule has 1 aliphatic heterocycles. The minimum absolute atomic E-state index is 0.